The van der Waals surface area contributed by atoms with Gasteiger partial charge in [0.05, 0.1) is 11.6 Å². The SMILES string of the molecule is CC(C)c1cc(C(=O)N(C)CC2CCCCC2O)nn1C(C)(C)C. The molecule has 5 heteroatoms. The van der Waals surface area contributed by atoms with Crippen LogP contribution in [0.15, 0.2) is 6.07 Å². The van der Waals surface area contributed by atoms with E-state index < -0.39 is 0 Å². The van der Waals surface area contributed by atoms with Crippen LogP contribution in [0.25, 0.3) is 0 Å². The standard InChI is InChI=1S/C19H33N3O2/c1-13(2)16-11-15(20-22(16)19(3,4)5)18(24)21(6)12-14-9-7-8-10-17(14)23/h11,13-14,17,23H,7-10,12H2,1-6H3. The highest BCUT2D eigenvalue weighted by atomic mass is 16.3. The van der Waals surface area contributed by atoms with Crippen LogP contribution in [0.4, 0.5) is 0 Å². The van der Waals surface area contributed by atoms with Gasteiger partial charge in [0.25, 0.3) is 5.91 Å². The number of aromatic nitrogens is 2. The number of amides is 1. The van der Waals surface area contributed by atoms with Crippen molar-refractivity contribution in [1.82, 2.24) is 14.7 Å². The molecule has 0 aliphatic heterocycles. The molecule has 0 spiro atoms. The zero-order valence-corrected chi connectivity index (χ0v) is 16.0. The third-order valence-corrected chi connectivity index (χ3v) is 4.91. The van der Waals surface area contributed by atoms with E-state index >= 15 is 0 Å². The van der Waals surface area contributed by atoms with Crippen LogP contribution in [-0.2, 0) is 5.54 Å². The van der Waals surface area contributed by atoms with Crippen molar-refractivity contribution in [3.63, 3.8) is 0 Å². The van der Waals surface area contributed by atoms with Gasteiger partial charge < -0.3 is 10.0 Å². The van der Waals surface area contributed by atoms with E-state index in [1.165, 1.54) is 0 Å². The molecule has 1 heterocycles. The summed E-state index contributed by atoms with van der Waals surface area (Å²) in [5.74, 6) is 0.434. The maximum atomic E-state index is 12.8. The molecule has 1 aromatic rings. The fourth-order valence-electron chi connectivity index (χ4n) is 3.48. The minimum absolute atomic E-state index is 0.0577. The number of nitrogens with zero attached hydrogens (tertiary/aromatic N) is 3. The molecule has 1 aliphatic carbocycles. The van der Waals surface area contributed by atoms with E-state index in [1.54, 1.807) is 4.90 Å². The first kappa shape index (κ1) is 19.0. The van der Waals surface area contributed by atoms with Gasteiger partial charge >= 0.3 is 0 Å². The largest absolute Gasteiger partial charge is 0.393 e. The molecule has 1 aliphatic rings. The first-order chi connectivity index (χ1) is 11.1. The van der Waals surface area contributed by atoms with Crippen molar-refractivity contribution in [2.24, 2.45) is 5.92 Å². The van der Waals surface area contributed by atoms with Gasteiger partial charge in [0.2, 0.25) is 0 Å². The molecule has 136 valence electrons. The van der Waals surface area contributed by atoms with Crippen LogP contribution in [0.2, 0.25) is 0 Å². The highest BCUT2D eigenvalue weighted by Crippen LogP contribution is 2.26. The van der Waals surface area contributed by atoms with Gasteiger partial charge in [0.1, 0.15) is 0 Å². The molecule has 0 saturated heterocycles. The average molecular weight is 335 g/mol. The molecule has 1 N–H and O–H groups in total. The Morgan fingerprint density at radius 1 is 1.38 bits per heavy atom. The average Bonchev–Trinajstić information content (AvgIpc) is 2.94. The molecular weight excluding hydrogens is 302 g/mol. The van der Waals surface area contributed by atoms with E-state index in [2.05, 4.69) is 39.7 Å². The number of hydrogen-bond donors (Lipinski definition) is 1. The smallest absolute Gasteiger partial charge is 0.274 e. The minimum atomic E-state index is -0.285. The van der Waals surface area contributed by atoms with E-state index in [1.807, 2.05) is 17.8 Å². The van der Waals surface area contributed by atoms with Crippen molar-refractivity contribution >= 4 is 5.91 Å². The monoisotopic (exact) mass is 335 g/mol. The summed E-state index contributed by atoms with van der Waals surface area (Å²) in [7, 11) is 1.81. The maximum Gasteiger partial charge on any atom is 0.274 e. The molecule has 1 saturated carbocycles. The van der Waals surface area contributed by atoms with Crippen LogP contribution >= 0.6 is 0 Å². The zero-order chi connectivity index (χ0) is 18.1. The minimum Gasteiger partial charge on any atom is -0.393 e. The third-order valence-electron chi connectivity index (χ3n) is 4.91. The summed E-state index contributed by atoms with van der Waals surface area (Å²) in [4.78, 5) is 14.5. The third kappa shape index (κ3) is 4.18. The van der Waals surface area contributed by atoms with Crippen molar-refractivity contribution < 1.29 is 9.90 Å². The molecule has 24 heavy (non-hydrogen) atoms. The summed E-state index contributed by atoms with van der Waals surface area (Å²) in [6.45, 7) is 11.1. The Balaban J connectivity index is 2.16. The molecule has 0 bridgehead atoms. The van der Waals surface area contributed by atoms with E-state index in [0.29, 0.717) is 18.2 Å². The van der Waals surface area contributed by atoms with Crippen LogP contribution < -0.4 is 0 Å². The summed E-state index contributed by atoms with van der Waals surface area (Å²) in [5.41, 5.74) is 1.43. The van der Waals surface area contributed by atoms with Crippen molar-refractivity contribution in [3.8, 4) is 0 Å². The second-order valence-corrected chi connectivity index (χ2v) is 8.49. The molecule has 1 aromatic heterocycles. The van der Waals surface area contributed by atoms with Crippen LogP contribution in [0.3, 0.4) is 0 Å². The van der Waals surface area contributed by atoms with Crippen LogP contribution in [0.5, 0.6) is 0 Å². The fourth-order valence-corrected chi connectivity index (χ4v) is 3.48. The lowest BCUT2D eigenvalue weighted by atomic mass is 9.86. The van der Waals surface area contributed by atoms with Gasteiger partial charge in [-0.2, -0.15) is 5.10 Å². The number of aliphatic hydroxyl groups excluding tert-OH is 1. The lowest BCUT2D eigenvalue weighted by molar-refractivity contribution is 0.0448. The predicted molar refractivity (Wildman–Crippen MR) is 96.2 cm³/mol. The number of aliphatic hydroxyl groups is 1. The van der Waals surface area contributed by atoms with Crippen molar-refractivity contribution in [2.75, 3.05) is 13.6 Å². The first-order valence-corrected chi connectivity index (χ1v) is 9.15. The van der Waals surface area contributed by atoms with Crippen LogP contribution in [-0.4, -0.2) is 45.4 Å². The van der Waals surface area contributed by atoms with Gasteiger partial charge in [-0.25, -0.2) is 0 Å². The van der Waals surface area contributed by atoms with Crippen molar-refractivity contribution in [3.05, 3.63) is 17.5 Å². The summed E-state index contributed by atoms with van der Waals surface area (Å²) in [5, 5.41) is 14.7. The Kier molecular flexibility index (Phi) is 5.74. The van der Waals surface area contributed by atoms with Gasteiger partial charge in [0.15, 0.2) is 5.69 Å². The van der Waals surface area contributed by atoms with Gasteiger partial charge in [-0.15, -0.1) is 0 Å². The first-order valence-electron chi connectivity index (χ1n) is 9.15. The lowest BCUT2D eigenvalue weighted by Crippen LogP contribution is -2.38. The molecule has 1 amide bonds. The fraction of sp³-hybridized carbons (Fsp3) is 0.789. The van der Waals surface area contributed by atoms with Crippen LogP contribution in [0.1, 0.15) is 82.4 Å². The summed E-state index contributed by atoms with van der Waals surface area (Å²) < 4.78 is 1.97. The highest BCUT2D eigenvalue weighted by molar-refractivity contribution is 5.92. The molecule has 2 atom stereocenters. The Morgan fingerprint density at radius 2 is 2.00 bits per heavy atom. The Morgan fingerprint density at radius 3 is 2.50 bits per heavy atom. The quantitative estimate of drug-likeness (QED) is 0.917. The number of hydrogen-bond acceptors (Lipinski definition) is 3. The van der Waals surface area contributed by atoms with E-state index in [0.717, 1.165) is 31.4 Å². The maximum absolute atomic E-state index is 12.8. The van der Waals surface area contributed by atoms with E-state index in [-0.39, 0.29) is 23.5 Å². The summed E-state index contributed by atoms with van der Waals surface area (Å²) in [6.07, 6.45) is 3.78. The van der Waals surface area contributed by atoms with E-state index in [4.69, 9.17) is 0 Å². The van der Waals surface area contributed by atoms with Gasteiger partial charge in [-0.05, 0) is 45.6 Å². The molecular formula is C19H33N3O2. The van der Waals surface area contributed by atoms with Crippen LogP contribution in [0, 0.1) is 5.92 Å². The molecule has 5 nitrogen and oxygen atoms in total. The van der Waals surface area contributed by atoms with Gasteiger partial charge in [-0.3, -0.25) is 9.48 Å². The Bertz CT molecular complexity index is 572. The molecule has 2 unspecified atom stereocenters. The van der Waals surface area contributed by atoms with Crippen molar-refractivity contribution in [2.45, 2.75) is 77.9 Å². The molecule has 0 radical (unpaired) electrons. The van der Waals surface area contributed by atoms with E-state index in [9.17, 15) is 9.90 Å². The second-order valence-electron chi connectivity index (χ2n) is 8.49. The molecule has 2 rings (SSSR count). The highest BCUT2D eigenvalue weighted by Gasteiger charge is 2.28. The second kappa shape index (κ2) is 7.26. The molecule has 0 aromatic carbocycles. The zero-order valence-electron chi connectivity index (χ0n) is 16.0. The number of carbonyl (C=O) groups is 1. The number of carbonyl (C=O) groups excluding carboxylic acids is 1. The normalized spacial score (nSPS) is 22.0. The Hall–Kier alpha value is -1.36. The predicted octanol–water partition coefficient (Wildman–Crippen LogP) is 3.38. The topological polar surface area (TPSA) is 58.4 Å². The lowest BCUT2D eigenvalue weighted by Gasteiger charge is -2.31. The van der Waals surface area contributed by atoms with Crippen molar-refractivity contribution in [1.29, 1.82) is 0 Å². The van der Waals surface area contributed by atoms with Gasteiger partial charge in [0, 0.05) is 25.2 Å². The summed E-state index contributed by atoms with van der Waals surface area (Å²) >= 11 is 0. The summed E-state index contributed by atoms with van der Waals surface area (Å²) in [6, 6.07) is 1.92. The van der Waals surface area contributed by atoms with Gasteiger partial charge in [-0.1, -0.05) is 26.7 Å². The molecule has 1 fully saturated rings. The Labute approximate surface area is 146 Å². The number of rotatable bonds is 4.